The molecule has 0 saturated carbocycles. The minimum atomic E-state index is -0.0198. The zero-order valence-electron chi connectivity index (χ0n) is 11.1. The topological polar surface area (TPSA) is 69.8 Å². The number of benzene rings is 1. The molecule has 0 aliphatic carbocycles. The van der Waals surface area contributed by atoms with E-state index in [1.807, 2.05) is 11.0 Å². The summed E-state index contributed by atoms with van der Waals surface area (Å²) < 4.78 is 0.870. The number of piperazine rings is 1. The number of β-amino-alcohol motifs (C(OH)–C–C–N with tert-alkyl or cyclic N) is 1. The molecule has 0 aromatic heterocycles. The summed E-state index contributed by atoms with van der Waals surface area (Å²) in [6, 6.07) is 5.32. The number of nitrogen functional groups attached to an aromatic ring is 1. The Morgan fingerprint density at radius 3 is 2.50 bits per heavy atom. The summed E-state index contributed by atoms with van der Waals surface area (Å²) in [4.78, 5) is 16.3. The number of amides is 1. The van der Waals surface area contributed by atoms with Crippen LogP contribution in [0.1, 0.15) is 10.4 Å². The summed E-state index contributed by atoms with van der Waals surface area (Å²) in [5.74, 6) is -0.0198. The van der Waals surface area contributed by atoms with Gasteiger partial charge in [-0.15, -0.1) is 12.4 Å². The molecule has 0 spiro atoms. The Labute approximate surface area is 133 Å². The van der Waals surface area contributed by atoms with Crippen molar-refractivity contribution >= 4 is 39.9 Å². The predicted molar refractivity (Wildman–Crippen MR) is 85.2 cm³/mol. The van der Waals surface area contributed by atoms with Gasteiger partial charge in [-0.25, -0.2) is 0 Å². The van der Waals surface area contributed by atoms with Gasteiger partial charge >= 0.3 is 0 Å². The molecule has 1 aromatic carbocycles. The first-order valence-corrected chi connectivity index (χ1v) is 7.08. The molecule has 1 aliphatic rings. The van der Waals surface area contributed by atoms with Gasteiger partial charge in [0, 0.05) is 42.9 Å². The van der Waals surface area contributed by atoms with Crippen LogP contribution in [-0.2, 0) is 0 Å². The average Bonchev–Trinajstić information content (AvgIpc) is 2.39. The Morgan fingerprint density at radius 2 is 1.95 bits per heavy atom. The minimum absolute atomic E-state index is 0. The van der Waals surface area contributed by atoms with E-state index in [0.717, 1.165) is 17.6 Å². The van der Waals surface area contributed by atoms with Crippen LogP contribution in [0.25, 0.3) is 0 Å². The molecule has 1 aromatic rings. The van der Waals surface area contributed by atoms with Crippen molar-refractivity contribution in [2.24, 2.45) is 0 Å². The fourth-order valence-electron chi connectivity index (χ4n) is 2.21. The van der Waals surface area contributed by atoms with Gasteiger partial charge in [0.05, 0.1) is 12.2 Å². The number of aliphatic hydroxyl groups is 1. The number of nitrogens with two attached hydrogens (primary N) is 1. The van der Waals surface area contributed by atoms with Gasteiger partial charge in [0.15, 0.2) is 0 Å². The maximum Gasteiger partial charge on any atom is 0.256 e. The van der Waals surface area contributed by atoms with E-state index in [2.05, 4.69) is 20.8 Å². The van der Waals surface area contributed by atoms with E-state index in [9.17, 15) is 4.79 Å². The number of aliphatic hydroxyl groups excluding tert-OH is 1. The van der Waals surface area contributed by atoms with Crippen molar-refractivity contribution in [3.63, 3.8) is 0 Å². The first kappa shape index (κ1) is 17.2. The third-order valence-corrected chi connectivity index (χ3v) is 3.81. The number of rotatable bonds is 3. The van der Waals surface area contributed by atoms with Gasteiger partial charge in [0.2, 0.25) is 0 Å². The fourth-order valence-corrected chi connectivity index (χ4v) is 2.59. The van der Waals surface area contributed by atoms with Gasteiger partial charge in [-0.05, 0) is 18.2 Å². The van der Waals surface area contributed by atoms with Crippen LogP contribution in [0, 0.1) is 0 Å². The van der Waals surface area contributed by atoms with Gasteiger partial charge in [0.1, 0.15) is 0 Å². The third-order valence-electron chi connectivity index (χ3n) is 3.32. The first-order chi connectivity index (χ1) is 9.11. The molecule has 1 aliphatic heterocycles. The van der Waals surface area contributed by atoms with Crippen molar-refractivity contribution in [1.82, 2.24) is 9.80 Å². The molecule has 20 heavy (non-hydrogen) atoms. The number of hydrogen-bond acceptors (Lipinski definition) is 4. The standard InChI is InChI=1S/C13H18BrN3O2.ClH/c14-10-1-2-11(12(15)9-10)13(19)17-5-3-16(4-6-17)7-8-18;/h1-2,9,18H,3-8,15H2;1H. The molecule has 1 amide bonds. The lowest BCUT2D eigenvalue weighted by Crippen LogP contribution is -2.49. The van der Waals surface area contributed by atoms with Gasteiger partial charge in [-0.2, -0.15) is 0 Å². The Balaban J connectivity index is 0.00000200. The molecular weight excluding hydrogens is 346 g/mol. The smallest absolute Gasteiger partial charge is 0.256 e. The van der Waals surface area contributed by atoms with Crippen molar-refractivity contribution in [2.75, 3.05) is 45.1 Å². The highest BCUT2D eigenvalue weighted by atomic mass is 79.9. The van der Waals surface area contributed by atoms with Gasteiger partial charge < -0.3 is 15.7 Å². The van der Waals surface area contributed by atoms with Gasteiger partial charge in [-0.1, -0.05) is 15.9 Å². The van der Waals surface area contributed by atoms with Crippen molar-refractivity contribution in [1.29, 1.82) is 0 Å². The Bertz CT molecular complexity index is 465. The molecule has 0 unspecified atom stereocenters. The number of hydrogen-bond donors (Lipinski definition) is 2. The third kappa shape index (κ3) is 4.09. The number of carbonyl (C=O) groups excluding carboxylic acids is 1. The van der Waals surface area contributed by atoms with E-state index >= 15 is 0 Å². The van der Waals surface area contributed by atoms with Crippen LogP contribution < -0.4 is 5.73 Å². The van der Waals surface area contributed by atoms with Gasteiger partial charge in [-0.3, -0.25) is 9.69 Å². The number of nitrogens with zero attached hydrogens (tertiary/aromatic N) is 2. The van der Waals surface area contributed by atoms with E-state index in [0.29, 0.717) is 30.9 Å². The summed E-state index contributed by atoms with van der Waals surface area (Å²) in [6.45, 7) is 3.77. The van der Waals surface area contributed by atoms with Crippen molar-refractivity contribution in [2.45, 2.75) is 0 Å². The molecule has 3 N–H and O–H groups in total. The highest BCUT2D eigenvalue weighted by molar-refractivity contribution is 9.10. The van der Waals surface area contributed by atoms with Crippen molar-refractivity contribution in [3.8, 4) is 0 Å². The molecule has 5 nitrogen and oxygen atoms in total. The van der Waals surface area contributed by atoms with E-state index in [1.54, 1.807) is 12.1 Å². The van der Waals surface area contributed by atoms with E-state index in [4.69, 9.17) is 10.8 Å². The highest BCUT2D eigenvalue weighted by Crippen LogP contribution is 2.20. The van der Waals surface area contributed by atoms with E-state index in [-0.39, 0.29) is 24.9 Å². The normalized spacial score (nSPS) is 15.8. The monoisotopic (exact) mass is 363 g/mol. The zero-order chi connectivity index (χ0) is 13.8. The maximum absolute atomic E-state index is 12.4. The molecule has 1 heterocycles. The predicted octanol–water partition coefficient (Wildman–Crippen LogP) is 1.20. The Morgan fingerprint density at radius 1 is 1.30 bits per heavy atom. The number of anilines is 1. The maximum atomic E-state index is 12.4. The average molecular weight is 365 g/mol. The molecule has 7 heteroatoms. The van der Waals surface area contributed by atoms with Crippen LogP contribution in [0.5, 0.6) is 0 Å². The molecule has 2 rings (SSSR count). The lowest BCUT2D eigenvalue weighted by atomic mass is 10.1. The lowest BCUT2D eigenvalue weighted by Gasteiger charge is -2.34. The molecule has 1 fully saturated rings. The second-order valence-corrected chi connectivity index (χ2v) is 5.50. The SMILES string of the molecule is Cl.Nc1cc(Br)ccc1C(=O)N1CCN(CCO)CC1. The summed E-state index contributed by atoms with van der Waals surface area (Å²) in [7, 11) is 0. The van der Waals surface area contributed by atoms with Crippen LogP contribution in [0.2, 0.25) is 0 Å². The fraction of sp³-hybridized carbons (Fsp3) is 0.462. The Hall–Kier alpha value is -0.820. The molecular formula is C13H19BrClN3O2. The second kappa shape index (κ2) is 7.83. The number of halogens is 2. The Kier molecular flexibility index (Phi) is 6.75. The summed E-state index contributed by atoms with van der Waals surface area (Å²) in [6.07, 6.45) is 0. The number of carbonyl (C=O) groups is 1. The second-order valence-electron chi connectivity index (χ2n) is 4.59. The summed E-state index contributed by atoms with van der Waals surface area (Å²) >= 11 is 3.33. The molecule has 0 bridgehead atoms. The molecule has 1 saturated heterocycles. The van der Waals surface area contributed by atoms with Crippen molar-refractivity contribution < 1.29 is 9.90 Å². The van der Waals surface area contributed by atoms with Crippen molar-refractivity contribution in [3.05, 3.63) is 28.2 Å². The van der Waals surface area contributed by atoms with Crippen LogP contribution in [0.4, 0.5) is 5.69 Å². The van der Waals surface area contributed by atoms with E-state index < -0.39 is 0 Å². The van der Waals surface area contributed by atoms with Crippen LogP contribution >= 0.6 is 28.3 Å². The van der Waals surface area contributed by atoms with Crippen LogP contribution in [0.3, 0.4) is 0 Å². The van der Waals surface area contributed by atoms with Crippen LogP contribution in [0.15, 0.2) is 22.7 Å². The van der Waals surface area contributed by atoms with Crippen LogP contribution in [-0.4, -0.2) is 60.1 Å². The highest BCUT2D eigenvalue weighted by Gasteiger charge is 2.22. The lowest BCUT2D eigenvalue weighted by molar-refractivity contribution is 0.0616. The van der Waals surface area contributed by atoms with Gasteiger partial charge in [0.25, 0.3) is 5.91 Å². The quantitative estimate of drug-likeness (QED) is 0.791. The largest absolute Gasteiger partial charge is 0.398 e. The molecule has 0 atom stereocenters. The molecule has 0 radical (unpaired) electrons. The zero-order valence-corrected chi connectivity index (χ0v) is 13.5. The molecule has 112 valence electrons. The first-order valence-electron chi connectivity index (χ1n) is 6.29. The minimum Gasteiger partial charge on any atom is -0.398 e. The summed E-state index contributed by atoms with van der Waals surface area (Å²) in [5, 5.41) is 8.89. The van der Waals surface area contributed by atoms with E-state index in [1.165, 1.54) is 0 Å². The summed E-state index contributed by atoms with van der Waals surface area (Å²) in [5.41, 5.74) is 6.93.